The molecule has 3 fully saturated rings. The number of anilines is 1. The largest absolute Gasteiger partial charge is 0.396 e. The van der Waals surface area contributed by atoms with Gasteiger partial charge >= 0.3 is 0 Å². The zero-order chi connectivity index (χ0) is 23.9. The molecule has 4 rings (SSSR count). The molecule has 0 radical (unpaired) electrons. The minimum absolute atomic E-state index is 0.0304. The van der Waals surface area contributed by atoms with E-state index in [1.54, 1.807) is 29.8 Å². The van der Waals surface area contributed by atoms with Crippen LogP contribution >= 0.6 is 23.4 Å². The van der Waals surface area contributed by atoms with Gasteiger partial charge in [-0.05, 0) is 50.2 Å². The minimum Gasteiger partial charge on any atom is -0.396 e. The molecular formula is C24H32ClN3O4S. The molecule has 0 aliphatic carbocycles. The molecule has 6 atom stereocenters. The number of likely N-dealkylation sites (tertiary alicyclic amines) is 1. The van der Waals surface area contributed by atoms with Crippen LogP contribution in [0.4, 0.5) is 5.69 Å². The van der Waals surface area contributed by atoms with Crippen molar-refractivity contribution in [3.8, 4) is 0 Å². The van der Waals surface area contributed by atoms with E-state index >= 15 is 0 Å². The summed E-state index contributed by atoms with van der Waals surface area (Å²) in [6, 6.07) is 4.77. The molecule has 2 bridgehead atoms. The van der Waals surface area contributed by atoms with Crippen molar-refractivity contribution in [1.82, 2.24) is 10.2 Å². The predicted molar refractivity (Wildman–Crippen MR) is 130 cm³/mol. The van der Waals surface area contributed by atoms with Crippen molar-refractivity contribution in [2.45, 2.75) is 55.6 Å². The standard InChI is InChI=1S/C24H32ClN3O4S/c1-13-8-7-9-15(25)19(13)27-22(31)20-24-14(2)12-16(33-24)17(21(30)26-3)18(24)23(32)28(20)10-5-4-6-11-29/h7-9,14,16-18,20,29H,4-6,10-12H2,1-3H3,(H,26,30)(H,27,31)/t14?,16-,17+,18-,20?,24?/m0/s1. The fourth-order valence-electron chi connectivity index (χ4n) is 6.08. The number of fused-ring (bicyclic) bond motifs is 1. The molecule has 0 aromatic heterocycles. The van der Waals surface area contributed by atoms with Crippen LogP contribution in [0, 0.1) is 24.7 Å². The summed E-state index contributed by atoms with van der Waals surface area (Å²) in [6.07, 6.45) is 2.91. The summed E-state index contributed by atoms with van der Waals surface area (Å²) >= 11 is 8.05. The Kier molecular flexibility index (Phi) is 6.99. The number of nitrogens with zero attached hydrogens (tertiary/aromatic N) is 1. The van der Waals surface area contributed by atoms with Gasteiger partial charge in [-0.25, -0.2) is 0 Å². The highest BCUT2D eigenvalue weighted by molar-refractivity contribution is 8.02. The molecule has 1 aromatic rings. The molecular weight excluding hydrogens is 462 g/mol. The van der Waals surface area contributed by atoms with E-state index in [1.807, 2.05) is 19.1 Å². The molecule has 7 nitrogen and oxygen atoms in total. The molecule has 3 heterocycles. The third-order valence-corrected chi connectivity index (χ3v) is 9.96. The van der Waals surface area contributed by atoms with Gasteiger partial charge in [0.1, 0.15) is 6.04 Å². The number of thioether (sulfide) groups is 1. The number of hydrogen-bond donors (Lipinski definition) is 3. The van der Waals surface area contributed by atoms with Crippen LogP contribution in [-0.4, -0.2) is 64.0 Å². The maximum Gasteiger partial charge on any atom is 0.248 e. The second kappa shape index (κ2) is 9.47. The Morgan fingerprint density at radius 3 is 2.70 bits per heavy atom. The van der Waals surface area contributed by atoms with Gasteiger partial charge in [-0.2, -0.15) is 0 Å². The number of nitrogens with one attached hydrogen (secondary N) is 2. The SMILES string of the molecule is CNC(=O)[C@@H]1[C@@H]2CC(C)C3(S2)C(C(=O)Nc2c(C)cccc2Cl)N(CCCCCO)C(=O)[C@H]13. The Labute approximate surface area is 204 Å². The molecule has 9 heteroatoms. The van der Waals surface area contributed by atoms with Crippen LogP contribution in [0.3, 0.4) is 0 Å². The maximum atomic E-state index is 13.9. The summed E-state index contributed by atoms with van der Waals surface area (Å²) in [4.78, 5) is 42.2. The topological polar surface area (TPSA) is 98.7 Å². The summed E-state index contributed by atoms with van der Waals surface area (Å²) in [5, 5.41) is 15.4. The van der Waals surface area contributed by atoms with Gasteiger partial charge in [-0.15, -0.1) is 11.8 Å². The van der Waals surface area contributed by atoms with E-state index in [4.69, 9.17) is 16.7 Å². The summed E-state index contributed by atoms with van der Waals surface area (Å²) < 4.78 is -0.644. The van der Waals surface area contributed by atoms with Crippen molar-refractivity contribution in [1.29, 1.82) is 0 Å². The van der Waals surface area contributed by atoms with Crippen molar-refractivity contribution in [2.75, 3.05) is 25.5 Å². The zero-order valence-corrected chi connectivity index (χ0v) is 20.8. The Morgan fingerprint density at radius 1 is 1.27 bits per heavy atom. The van der Waals surface area contributed by atoms with Crippen LogP contribution in [-0.2, 0) is 14.4 Å². The monoisotopic (exact) mass is 493 g/mol. The Hall–Kier alpha value is -1.77. The highest BCUT2D eigenvalue weighted by Gasteiger charge is 2.75. The quantitative estimate of drug-likeness (QED) is 0.484. The van der Waals surface area contributed by atoms with Crippen molar-refractivity contribution in [3.05, 3.63) is 28.8 Å². The van der Waals surface area contributed by atoms with Crippen LogP contribution in [0.25, 0.3) is 0 Å². The maximum absolute atomic E-state index is 13.9. The first kappa shape index (κ1) is 24.4. The van der Waals surface area contributed by atoms with E-state index in [0.29, 0.717) is 30.1 Å². The van der Waals surface area contributed by atoms with Crippen LogP contribution in [0.5, 0.6) is 0 Å². The molecule has 3 saturated heterocycles. The van der Waals surface area contributed by atoms with E-state index in [-0.39, 0.29) is 35.5 Å². The Balaban J connectivity index is 1.71. The first-order valence-corrected chi connectivity index (χ1v) is 12.9. The van der Waals surface area contributed by atoms with E-state index in [2.05, 4.69) is 17.6 Å². The number of hydrogen-bond acceptors (Lipinski definition) is 5. The number of halogens is 1. The number of aliphatic hydroxyl groups excluding tert-OH is 1. The van der Waals surface area contributed by atoms with Gasteiger partial charge in [-0.3, -0.25) is 14.4 Å². The van der Waals surface area contributed by atoms with Crippen LogP contribution < -0.4 is 10.6 Å². The number of carbonyl (C=O) groups excluding carboxylic acids is 3. The second-order valence-electron chi connectivity index (χ2n) is 9.40. The van der Waals surface area contributed by atoms with Gasteiger partial charge in [0.25, 0.3) is 0 Å². The molecule has 3 N–H and O–H groups in total. The molecule has 1 spiro atoms. The Bertz CT molecular complexity index is 939. The lowest BCUT2D eigenvalue weighted by molar-refractivity contribution is -0.139. The van der Waals surface area contributed by atoms with E-state index in [0.717, 1.165) is 18.4 Å². The first-order chi connectivity index (χ1) is 15.8. The molecule has 1 aromatic carbocycles. The Morgan fingerprint density at radius 2 is 2.03 bits per heavy atom. The van der Waals surface area contributed by atoms with Gasteiger partial charge in [0.2, 0.25) is 17.7 Å². The van der Waals surface area contributed by atoms with Crippen molar-refractivity contribution in [2.24, 2.45) is 17.8 Å². The smallest absolute Gasteiger partial charge is 0.248 e. The van der Waals surface area contributed by atoms with Gasteiger partial charge in [0.05, 0.1) is 27.3 Å². The van der Waals surface area contributed by atoms with Gasteiger partial charge < -0.3 is 20.6 Å². The summed E-state index contributed by atoms with van der Waals surface area (Å²) in [5.41, 5.74) is 1.41. The number of aliphatic hydroxyl groups is 1. The predicted octanol–water partition coefficient (Wildman–Crippen LogP) is 2.83. The number of para-hydroxylation sites is 1. The number of amides is 3. The fourth-order valence-corrected chi connectivity index (χ4v) is 8.77. The molecule has 3 amide bonds. The van der Waals surface area contributed by atoms with E-state index < -0.39 is 22.6 Å². The lowest BCUT2D eigenvalue weighted by Gasteiger charge is -2.38. The number of aryl methyl sites for hydroxylation is 1. The molecule has 3 unspecified atom stereocenters. The molecule has 3 aliphatic heterocycles. The second-order valence-corrected chi connectivity index (χ2v) is 11.4. The average molecular weight is 494 g/mol. The zero-order valence-electron chi connectivity index (χ0n) is 19.3. The number of carbonyl (C=O) groups is 3. The number of rotatable bonds is 8. The third-order valence-electron chi connectivity index (χ3n) is 7.57. The molecule has 33 heavy (non-hydrogen) atoms. The normalized spacial score (nSPS) is 32.2. The number of benzene rings is 1. The first-order valence-electron chi connectivity index (χ1n) is 11.6. The van der Waals surface area contributed by atoms with Crippen LogP contribution in [0.1, 0.15) is 38.2 Å². The summed E-state index contributed by atoms with van der Waals surface area (Å²) in [7, 11) is 1.60. The summed E-state index contributed by atoms with van der Waals surface area (Å²) in [6.45, 7) is 4.51. The molecule has 0 saturated carbocycles. The van der Waals surface area contributed by atoms with Gasteiger partial charge in [0.15, 0.2) is 0 Å². The lowest BCUT2D eigenvalue weighted by Crippen LogP contribution is -2.55. The van der Waals surface area contributed by atoms with Crippen LogP contribution in [0.15, 0.2) is 18.2 Å². The van der Waals surface area contributed by atoms with Crippen molar-refractivity contribution < 1.29 is 19.5 Å². The van der Waals surface area contributed by atoms with Gasteiger partial charge in [0, 0.05) is 25.4 Å². The number of unbranched alkanes of at least 4 members (excludes halogenated alkanes) is 2. The highest BCUT2D eigenvalue weighted by Crippen LogP contribution is 2.68. The molecule has 180 valence electrons. The van der Waals surface area contributed by atoms with Crippen LogP contribution in [0.2, 0.25) is 5.02 Å². The highest BCUT2D eigenvalue weighted by atomic mass is 35.5. The lowest BCUT2D eigenvalue weighted by atomic mass is 9.66. The van der Waals surface area contributed by atoms with E-state index in [1.165, 1.54) is 0 Å². The van der Waals surface area contributed by atoms with Crippen molar-refractivity contribution >= 4 is 46.8 Å². The third kappa shape index (κ3) is 3.84. The van der Waals surface area contributed by atoms with Crippen molar-refractivity contribution in [3.63, 3.8) is 0 Å². The van der Waals surface area contributed by atoms with Gasteiger partial charge in [-0.1, -0.05) is 30.7 Å². The summed E-state index contributed by atoms with van der Waals surface area (Å²) in [5.74, 6) is -1.30. The molecule has 3 aliphatic rings. The van der Waals surface area contributed by atoms with E-state index in [9.17, 15) is 14.4 Å². The average Bonchev–Trinajstić information content (AvgIpc) is 3.37. The fraction of sp³-hybridized carbons (Fsp3) is 0.625. The minimum atomic E-state index is -0.681.